The lowest BCUT2D eigenvalue weighted by Gasteiger charge is -2.45. The monoisotopic (exact) mass is 1450 g/mol. The van der Waals surface area contributed by atoms with Crippen LogP contribution < -0.4 is 16.0 Å². The maximum atomic E-state index is 15.5. The molecule has 0 aromatic rings. The lowest BCUT2D eigenvalue weighted by atomic mass is 9.78. The Morgan fingerprint density at radius 1 is 0.594 bits per heavy atom. The van der Waals surface area contributed by atoms with Crippen LogP contribution in [-0.4, -0.2) is 274 Å². The first-order chi connectivity index (χ1) is 47.7. The van der Waals surface area contributed by atoms with Crippen molar-refractivity contribution in [3.8, 4) is 0 Å². The Labute approximate surface area is 599 Å². The molecule has 3 N–H and O–H groups in total. The normalized spacial score (nSPS) is 31.2. The molecule has 8 fully saturated rings. The Morgan fingerprint density at radius 2 is 1.24 bits per heavy atom. The highest BCUT2D eigenvalue weighted by molar-refractivity contribution is 6.21. The molecule has 101 heavy (non-hydrogen) atoms. The molecule has 0 aromatic heterocycles. The standard InChI is InChI=1S/C72H114ClF3N12O13/c1-43(2)37-55-61(91)78-52(42-101-48-26-27-48)64(94)81(7)45(5)63(93)88-36-30-54(88)67(97)83(9)56(39-46-21-14-12-15-22-46)66(96)80(6)41-58(89)77-51(29-25-47-24-28-49(50(73)38-47)72(74,75)76)65(95)87-35-20-23-53(87)62(92)79-71(31-16-17-32-71)70(100)85(11)60(44(3)4)69(99)84(10)57(40-59(90)82(55)8)68(98)86-33-18-13-19-34-86/h43-57,60H,12-42H2,1-11H3,(H,77,89)(H,78,91)(H,79,92)/t45-,47?,49?,50?,51-,52-,53-,54-,55-,56-,57-,60-/m0/s1. The van der Waals surface area contributed by atoms with Gasteiger partial charge in [-0.25, -0.2) is 0 Å². The van der Waals surface area contributed by atoms with Gasteiger partial charge in [-0.2, -0.15) is 13.2 Å². The topological polar surface area (TPSA) is 279 Å². The van der Waals surface area contributed by atoms with E-state index in [9.17, 15) is 41.9 Å². The highest BCUT2D eigenvalue weighted by Gasteiger charge is 2.52. The number of piperidine rings is 1. The maximum absolute atomic E-state index is 15.5. The fourth-order valence-electron chi connectivity index (χ4n) is 16.5. The van der Waals surface area contributed by atoms with Gasteiger partial charge in [-0.05, 0) is 140 Å². The van der Waals surface area contributed by atoms with Crippen LogP contribution in [0.25, 0.3) is 0 Å². The number of hydrogen-bond donors (Lipinski definition) is 3. The molecule has 1 spiro atoms. The summed E-state index contributed by atoms with van der Waals surface area (Å²) in [5.41, 5.74) is -1.57. The Bertz CT molecular complexity index is 3000. The molecule has 4 heterocycles. The zero-order valence-corrected chi connectivity index (χ0v) is 62.3. The number of nitrogens with zero attached hydrogens (tertiary/aromatic N) is 9. The van der Waals surface area contributed by atoms with Crippen molar-refractivity contribution >= 4 is 82.5 Å². The van der Waals surface area contributed by atoms with Gasteiger partial charge in [0, 0.05) is 73.8 Å². The number of amides is 12. The largest absolute Gasteiger partial charge is 0.393 e. The van der Waals surface area contributed by atoms with Crippen molar-refractivity contribution in [2.24, 2.45) is 29.6 Å². The highest BCUT2D eigenvalue weighted by Crippen LogP contribution is 2.44. The molecule has 3 unspecified atom stereocenters. The van der Waals surface area contributed by atoms with Gasteiger partial charge < -0.3 is 64.8 Å². The van der Waals surface area contributed by atoms with Gasteiger partial charge >= 0.3 is 6.18 Å². The summed E-state index contributed by atoms with van der Waals surface area (Å²) in [5, 5.41) is 7.52. The average molecular weight is 1450 g/mol. The zero-order chi connectivity index (χ0) is 74.1. The molecule has 568 valence electrons. The van der Waals surface area contributed by atoms with Crippen LogP contribution in [0.2, 0.25) is 0 Å². The highest BCUT2D eigenvalue weighted by atomic mass is 35.5. The van der Waals surface area contributed by atoms with Gasteiger partial charge in [0.1, 0.15) is 59.9 Å². The smallest absolute Gasteiger partial charge is 0.376 e. The van der Waals surface area contributed by atoms with Gasteiger partial charge in [0.15, 0.2) is 0 Å². The third-order valence-corrected chi connectivity index (χ3v) is 23.6. The van der Waals surface area contributed by atoms with Crippen molar-refractivity contribution in [3.05, 3.63) is 0 Å². The van der Waals surface area contributed by atoms with Gasteiger partial charge in [0.2, 0.25) is 70.9 Å². The predicted molar refractivity (Wildman–Crippen MR) is 369 cm³/mol. The molecule has 0 bridgehead atoms. The maximum Gasteiger partial charge on any atom is 0.393 e. The van der Waals surface area contributed by atoms with Crippen LogP contribution in [0.4, 0.5) is 13.2 Å². The molecule has 0 aromatic carbocycles. The van der Waals surface area contributed by atoms with Crippen LogP contribution in [0.3, 0.4) is 0 Å². The predicted octanol–water partition coefficient (Wildman–Crippen LogP) is 5.22. The van der Waals surface area contributed by atoms with E-state index in [1.54, 1.807) is 18.7 Å². The van der Waals surface area contributed by atoms with E-state index in [1.807, 2.05) is 13.8 Å². The molecule has 0 radical (unpaired) electrons. The molecule has 25 nitrogen and oxygen atoms in total. The summed E-state index contributed by atoms with van der Waals surface area (Å²) in [6, 6.07) is -11.1. The van der Waals surface area contributed by atoms with E-state index in [1.165, 1.54) is 88.4 Å². The molecule has 12 atom stereocenters. The van der Waals surface area contributed by atoms with Crippen LogP contribution in [0, 0.1) is 29.6 Å². The molecule has 4 saturated heterocycles. The van der Waals surface area contributed by atoms with E-state index in [0.717, 1.165) is 51.4 Å². The molecule has 4 saturated carbocycles. The van der Waals surface area contributed by atoms with Crippen molar-refractivity contribution < 1.29 is 75.4 Å². The SMILES string of the molecule is CC(C)C[C@H]1C(=O)N[C@@H](COC2CC2)C(=O)N(C)[C@@H](C)C(=O)N2CC[C@H]2C(=O)N(C)[C@@H](CC2CCCCC2)C(=O)N(C)CC(=O)N[C@@H](CCC2CCC(C(F)(F)F)C(Cl)C2)C(=O)N2CCC[C@H]2C(=O)NC2(CCCC2)C(=O)N(C)[C@@H](C(C)C)C(=O)N(C)[C@H](C(=O)N2CCCCC2)CC(=O)N1C. The third-order valence-electron chi connectivity index (χ3n) is 23.1. The lowest BCUT2D eigenvalue weighted by molar-refractivity contribution is -0.182. The van der Waals surface area contributed by atoms with Crippen LogP contribution in [-0.2, 0) is 62.3 Å². The number of ether oxygens (including phenoxy) is 1. The van der Waals surface area contributed by atoms with E-state index in [0.29, 0.717) is 45.2 Å². The number of likely N-dealkylation sites (N-methyl/N-ethyl adjacent to an activating group) is 6. The summed E-state index contributed by atoms with van der Waals surface area (Å²) < 4.78 is 48.1. The van der Waals surface area contributed by atoms with Gasteiger partial charge in [-0.15, -0.1) is 11.6 Å². The molecular weight excluding hydrogens is 1330 g/mol. The number of alkyl halides is 4. The number of likely N-dealkylation sites (tertiary alicyclic amines) is 1. The van der Waals surface area contributed by atoms with Crippen molar-refractivity contribution in [1.82, 2.24) is 60.0 Å². The summed E-state index contributed by atoms with van der Waals surface area (Å²) in [7, 11) is 8.61. The van der Waals surface area contributed by atoms with E-state index < -0.39 is 167 Å². The molecule has 12 amide bonds. The summed E-state index contributed by atoms with van der Waals surface area (Å²) >= 11 is 6.41. The van der Waals surface area contributed by atoms with Crippen LogP contribution in [0.15, 0.2) is 0 Å². The zero-order valence-electron chi connectivity index (χ0n) is 61.5. The Kier molecular flexibility index (Phi) is 27.8. The van der Waals surface area contributed by atoms with E-state index in [-0.39, 0.29) is 114 Å². The minimum Gasteiger partial charge on any atom is -0.376 e. The minimum absolute atomic E-state index is 0.00117. The molecule has 4 aliphatic heterocycles. The third kappa shape index (κ3) is 19.6. The first kappa shape index (κ1) is 80.4. The van der Waals surface area contributed by atoms with Crippen molar-refractivity contribution in [2.75, 3.05) is 81.6 Å². The van der Waals surface area contributed by atoms with Crippen LogP contribution >= 0.6 is 11.6 Å². The molecule has 4 aliphatic carbocycles. The Balaban J connectivity index is 1.15. The second-order valence-electron chi connectivity index (χ2n) is 31.3. The first-order valence-corrected chi connectivity index (χ1v) is 37.8. The number of carbonyl (C=O) groups excluding carboxylic acids is 12. The summed E-state index contributed by atoms with van der Waals surface area (Å²) in [5.74, 6) is -10.5. The second-order valence-corrected chi connectivity index (χ2v) is 31.8. The van der Waals surface area contributed by atoms with Gasteiger partial charge in [-0.1, -0.05) is 72.6 Å². The summed E-state index contributed by atoms with van der Waals surface area (Å²) in [6.07, 6.45) is 5.32. The van der Waals surface area contributed by atoms with E-state index in [2.05, 4.69) is 16.0 Å². The van der Waals surface area contributed by atoms with E-state index in [4.69, 9.17) is 16.3 Å². The first-order valence-electron chi connectivity index (χ1n) is 37.4. The summed E-state index contributed by atoms with van der Waals surface area (Å²) in [6.45, 7) is 8.78. The minimum atomic E-state index is -4.51. The van der Waals surface area contributed by atoms with Crippen molar-refractivity contribution in [2.45, 2.75) is 273 Å². The lowest BCUT2D eigenvalue weighted by Crippen LogP contribution is -2.65. The number of carbonyl (C=O) groups is 12. The fourth-order valence-corrected chi connectivity index (χ4v) is 17.0. The van der Waals surface area contributed by atoms with Gasteiger partial charge in [0.25, 0.3) is 0 Å². The number of rotatable bonds is 12. The Hall–Kier alpha value is -6.32. The van der Waals surface area contributed by atoms with Gasteiger partial charge in [-0.3, -0.25) is 57.5 Å². The van der Waals surface area contributed by atoms with Crippen molar-refractivity contribution in [1.29, 1.82) is 0 Å². The second kappa shape index (κ2) is 35.0. The number of halogens is 4. The van der Waals surface area contributed by atoms with Crippen LogP contribution in [0.1, 0.15) is 195 Å². The molecule has 29 heteroatoms. The van der Waals surface area contributed by atoms with Gasteiger partial charge in [0.05, 0.1) is 31.6 Å². The molecule has 8 rings (SSSR count). The number of nitrogens with one attached hydrogen (secondary N) is 3. The average Bonchev–Trinajstić information content (AvgIpc) is 1.69. The quantitative estimate of drug-likeness (QED) is 0.212. The molecular formula is C72H114ClF3N12O13. The fraction of sp³-hybridized carbons (Fsp3) is 0.833. The number of fused-ring (bicyclic) bond motifs is 2. The number of hydrogen-bond acceptors (Lipinski definition) is 13. The Morgan fingerprint density at radius 3 is 1.83 bits per heavy atom. The summed E-state index contributed by atoms with van der Waals surface area (Å²) in [4.78, 5) is 192. The van der Waals surface area contributed by atoms with Crippen molar-refractivity contribution in [3.63, 3.8) is 0 Å². The van der Waals surface area contributed by atoms with E-state index >= 15 is 28.8 Å². The van der Waals surface area contributed by atoms with Crippen LogP contribution in [0.5, 0.6) is 0 Å². The molecule has 8 aliphatic rings.